The molecule has 0 bridgehead atoms. The molecule has 0 aliphatic carbocycles. The molecule has 2 rings (SSSR count). The Morgan fingerprint density at radius 3 is 2.53 bits per heavy atom. The molecule has 0 aromatic heterocycles. The molecule has 0 saturated carbocycles. The van der Waals surface area contributed by atoms with Gasteiger partial charge < -0.3 is 19.0 Å². The summed E-state index contributed by atoms with van der Waals surface area (Å²) in [5.74, 6) is -0.712. The van der Waals surface area contributed by atoms with Crippen LogP contribution in [0.25, 0.3) is 0 Å². The molecular formula is C13H21NO5. The minimum atomic E-state index is -0.712. The van der Waals surface area contributed by atoms with Crippen molar-refractivity contribution < 1.29 is 23.8 Å². The molecule has 0 radical (unpaired) electrons. The van der Waals surface area contributed by atoms with Gasteiger partial charge in [-0.2, -0.15) is 0 Å². The van der Waals surface area contributed by atoms with Crippen LogP contribution in [-0.4, -0.2) is 53.5 Å². The maximum Gasteiger partial charge on any atom is 0.411 e. The number of ether oxygens (including phenoxy) is 3. The number of carbonyl (C=O) groups excluding carboxylic acids is 2. The molecule has 0 N–H and O–H groups in total. The lowest BCUT2D eigenvalue weighted by atomic mass is 10.1. The van der Waals surface area contributed by atoms with Gasteiger partial charge in [-0.05, 0) is 34.6 Å². The lowest BCUT2D eigenvalue weighted by Crippen LogP contribution is -2.45. The second-order valence-corrected chi connectivity index (χ2v) is 6.40. The van der Waals surface area contributed by atoms with Crippen LogP contribution >= 0.6 is 0 Å². The van der Waals surface area contributed by atoms with Crippen LogP contribution in [-0.2, 0) is 19.0 Å². The Bertz CT molecular complexity index is 387. The summed E-state index contributed by atoms with van der Waals surface area (Å²) in [5.41, 5.74) is -0.594. The van der Waals surface area contributed by atoms with Crippen LogP contribution in [0, 0.1) is 0 Å². The van der Waals surface area contributed by atoms with E-state index in [-0.39, 0.29) is 6.10 Å². The van der Waals surface area contributed by atoms with E-state index >= 15 is 0 Å². The fourth-order valence-electron chi connectivity index (χ4n) is 2.45. The van der Waals surface area contributed by atoms with Crippen LogP contribution in [0.4, 0.5) is 4.79 Å². The van der Waals surface area contributed by atoms with Gasteiger partial charge in [-0.3, -0.25) is 4.90 Å². The van der Waals surface area contributed by atoms with E-state index in [9.17, 15) is 9.59 Å². The van der Waals surface area contributed by atoms with Gasteiger partial charge in [-0.15, -0.1) is 0 Å². The Labute approximate surface area is 113 Å². The van der Waals surface area contributed by atoms with Gasteiger partial charge in [0.1, 0.15) is 30.1 Å². The molecule has 6 heteroatoms. The van der Waals surface area contributed by atoms with Crippen molar-refractivity contribution in [1.29, 1.82) is 0 Å². The second-order valence-electron chi connectivity index (χ2n) is 6.40. The van der Waals surface area contributed by atoms with Crippen LogP contribution in [0.15, 0.2) is 0 Å². The normalized spacial score (nSPS) is 33.1. The third kappa shape index (κ3) is 2.90. The SMILES string of the molecule is CC(C)(C)OC(=O)N1C[C@H]2OC(C)(C)O[C@H]2[C@H]1C=O. The first-order chi connectivity index (χ1) is 8.63. The van der Waals surface area contributed by atoms with Crippen molar-refractivity contribution in [2.75, 3.05) is 6.54 Å². The number of rotatable bonds is 1. The lowest BCUT2D eigenvalue weighted by molar-refractivity contribution is -0.161. The first-order valence-electron chi connectivity index (χ1n) is 6.43. The highest BCUT2D eigenvalue weighted by atomic mass is 16.8. The monoisotopic (exact) mass is 271 g/mol. The number of aldehydes is 1. The van der Waals surface area contributed by atoms with E-state index in [4.69, 9.17) is 14.2 Å². The number of likely N-dealkylation sites (tertiary alicyclic amines) is 1. The predicted molar refractivity (Wildman–Crippen MR) is 66.6 cm³/mol. The third-order valence-electron chi connectivity index (χ3n) is 3.06. The smallest absolute Gasteiger partial charge is 0.411 e. The van der Waals surface area contributed by atoms with Crippen LogP contribution in [0.1, 0.15) is 34.6 Å². The Hall–Kier alpha value is -1.14. The maximum atomic E-state index is 12.1. The van der Waals surface area contributed by atoms with Crippen molar-refractivity contribution in [3.8, 4) is 0 Å². The molecule has 2 aliphatic rings. The molecule has 2 saturated heterocycles. The molecule has 2 fully saturated rings. The number of nitrogens with zero attached hydrogens (tertiary/aromatic N) is 1. The van der Waals surface area contributed by atoms with Crippen molar-refractivity contribution in [1.82, 2.24) is 4.90 Å². The molecular weight excluding hydrogens is 250 g/mol. The van der Waals surface area contributed by atoms with E-state index in [1.165, 1.54) is 4.90 Å². The summed E-state index contributed by atoms with van der Waals surface area (Å²) in [7, 11) is 0. The molecule has 0 unspecified atom stereocenters. The molecule has 0 aromatic rings. The van der Waals surface area contributed by atoms with Gasteiger partial charge in [0, 0.05) is 0 Å². The summed E-state index contributed by atoms with van der Waals surface area (Å²) in [6.45, 7) is 9.26. The van der Waals surface area contributed by atoms with Gasteiger partial charge in [-0.25, -0.2) is 4.79 Å². The van der Waals surface area contributed by atoms with Crippen LogP contribution < -0.4 is 0 Å². The Morgan fingerprint density at radius 1 is 1.37 bits per heavy atom. The zero-order chi connectivity index (χ0) is 14.4. The molecule has 19 heavy (non-hydrogen) atoms. The van der Waals surface area contributed by atoms with E-state index in [1.807, 2.05) is 0 Å². The molecule has 2 heterocycles. The van der Waals surface area contributed by atoms with Crippen LogP contribution in [0.5, 0.6) is 0 Å². The summed E-state index contributed by atoms with van der Waals surface area (Å²) < 4.78 is 16.7. The van der Waals surface area contributed by atoms with E-state index in [1.54, 1.807) is 34.6 Å². The summed E-state index contributed by atoms with van der Waals surface area (Å²) >= 11 is 0. The minimum Gasteiger partial charge on any atom is -0.444 e. The highest BCUT2D eigenvalue weighted by Gasteiger charge is 2.54. The van der Waals surface area contributed by atoms with Gasteiger partial charge >= 0.3 is 6.09 Å². The average molecular weight is 271 g/mol. The Balaban J connectivity index is 2.10. The summed E-state index contributed by atoms with van der Waals surface area (Å²) in [4.78, 5) is 24.7. The van der Waals surface area contributed by atoms with Crippen molar-refractivity contribution in [2.24, 2.45) is 0 Å². The number of carbonyl (C=O) groups is 2. The largest absolute Gasteiger partial charge is 0.444 e. The fraction of sp³-hybridized carbons (Fsp3) is 0.846. The standard InChI is InChI=1S/C13H21NO5/c1-12(2,3)19-11(16)14-6-9-10(8(14)7-15)18-13(4,5)17-9/h7-10H,6H2,1-5H3/t8-,9-,10+/m1/s1. The third-order valence-corrected chi connectivity index (χ3v) is 3.06. The van der Waals surface area contributed by atoms with Crippen molar-refractivity contribution in [2.45, 2.75) is 64.3 Å². The van der Waals surface area contributed by atoms with E-state index < -0.39 is 29.6 Å². The topological polar surface area (TPSA) is 65.1 Å². The molecule has 1 amide bonds. The summed E-state index contributed by atoms with van der Waals surface area (Å²) in [6, 6.07) is -0.651. The zero-order valence-electron chi connectivity index (χ0n) is 12.0. The summed E-state index contributed by atoms with van der Waals surface area (Å²) in [6.07, 6.45) is -0.485. The van der Waals surface area contributed by atoms with E-state index in [0.717, 1.165) is 6.29 Å². The lowest BCUT2D eigenvalue weighted by Gasteiger charge is -2.29. The molecule has 6 nitrogen and oxygen atoms in total. The number of fused-ring (bicyclic) bond motifs is 1. The first-order valence-corrected chi connectivity index (χ1v) is 6.43. The number of hydrogen-bond acceptors (Lipinski definition) is 5. The predicted octanol–water partition coefficient (Wildman–Crippen LogP) is 1.32. The quantitative estimate of drug-likeness (QED) is 0.673. The zero-order valence-corrected chi connectivity index (χ0v) is 12.0. The molecule has 3 atom stereocenters. The highest BCUT2D eigenvalue weighted by Crippen LogP contribution is 2.36. The first kappa shape index (κ1) is 14.3. The van der Waals surface area contributed by atoms with Crippen LogP contribution in [0.3, 0.4) is 0 Å². The molecule has 0 aromatic carbocycles. The van der Waals surface area contributed by atoms with E-state index in [0.29, 0.717) is 6.54 Å². The average Bonchev–Trinajstić information content (AvgIpc) is 2.66. The van der Waals surface area contributed by atoms with Gasteiger partial charge in [0.05, 0.1) is 6.54 Å². The van der Waals surface area contributed by atoms with Gasteiger partial charge in [0.15, 0.2) is 5.79 Å². The summed E-state index contributed by atoms with van der Waals surface area (Å²) in [5, 5.41) is 0. The highest BCUT2D eigenvalue weighted by molar-refractivity contribution is 5.75. The molecule has 108 valence electrons. The maximum absolute atomic E-state index is 12.1. The van der Waals surface area contributed by atoms with Crippen molar-refractivity contribution in [3.63, 3.8) is 0 Å². The Morgan fingerprint density at radius 2 is 2.00 bits per heavy atom. The second kappa shape index (κ2) is 4.45. The van der Waals surface area contributed by atoms with Crippen LogP contribution in [0.2, 0.25) is 0 Å². The number of amides is 1. The Kier molecular flexibility index (Phi) is 3.35. The number of hydrogen-bond donors (Lipinski definition) is 0. The van der Waals surface area contributed by atoms with Gasteiger partial charge in [0.25, 0.3) is 0 Å². The minimum absolute atomic E-state index is 0.280. The molecule has 2 aliphatic heterocycles. The van der Waals surface area contributed by atoms with Gasteiger partial charge in [-0.1, -0.05) is 0 Å². The fourth-order valence-corrected chi connectivity index (χ4v) is 2.45. The van der Waals surface area contributed by atoms with Crippen molar-refractivity contribution in [3.05, 3.63) is 0 Å². The van der Waals surface area contributed by atoms with E-state index in [2.05, 4.69) is 0 Å². The van der Waals surface area contributed by atoms with Gasteiger partial charge in [0.2, 0.25) is 0 Å². The molecule has 0 spiro atoms. The van der Waals surface area contributed by atoms with Crippen molar-refractivity contribution >= 4 is 12.4 Å².